The minimum absolute atomic E-state index is 0. The molecule has 0 saturated heterocycles. The third kappa shape index (κ3) is 12.2. The number of unbranched alkanes of at least 4 members (excludes halogenated alkanes) is 3. The van der Waals surface area contributed by atoms with E-state index < -0.39 is 0 Å². The lowest BCUT2D eigenvalue weighted by Crippen LogP contribution is -1.68. The van der Waals surface area contributed by atoms with Gasteiger partial charge in [-0.25, -0.2) is 0 Å². The van der Waals surface area contributed by atoms with E-state index in [4.69, 9.17) is 0 Å². The predicted octanol–water partition coefficient (Wildman–Crippen LogP) is 3.09. The molecule has 0 aliphatic carbocycles. The Labute approximate surface area is 82.4 Å². The van der Waals surface area contributed by atoms with Crippen molar-refractivity contribution in [1.29, 1.82) is 0 Å². The van der Waals surface area contributed by atoms with Crippen molar-refractivity contribution in [1.82, 2.24) is 0 Å². The van der Waals surface area contributed by atoms with Crippen molar-refractivity contribution in [3.63, 3.8) is 0 Å². The molecule has 0 aromatic rings. The van der Waals surface area contributed by atoms with E-state index in [0.717, 1.165) is 0 Å². The van der Waals surface area contributed by atoms with Gasteiger partial charge in [-0.05, 0) is 17.8 Å². The molecule has 0 unspecified atom stereocenters. The molecule has 0 fully saturated rings. The van der Waals surface area contributed by atoms with Crippen molar-refractivity contribution in [3.05, 3.63) is 11.1 Å². The zero-order valence-electron chi connectivity index (χ0n) is 6.07. The van der Waals surface area contributed by atoms with E-state index in [1.165, 1.54) is 25.7 Å². The standard InChI is InChI=1S/C7H13Br.Mg/c1-2-3-4-5-6-7-8;/h6-7H,2-5H2,1H3;. The number of halogens is 1. The molecular weight excluding hydrogens is 188 g/mol. The summed E-state index contributed by atoms with van der Waals surface area (Å²) in [4.78, 5) is 1.93. The Kier molecular flexibility index (Phi) is 16.5. The molecular formula is C7H13BrMg. The second-order valence-corrected chi connectivity index (χ2v) is 2.39. The van der Waals surface area contributed by atoms with Crippen LogP contribution < -0.4 is 0 Å². The topological polar surface area (TPSA) is 0 Å². The van der Waals surface area contributed by atoms with Crippen LogP contribution in [0, 0.1) is 0 Å². The first-order chi connectivity index (χ1) is 3.91. The van der Waals surface area contributed by atoms with Gasteiger partial charge in [-0.15, -0.1) is 0 Å². The van der Waals surface area contributed by atoms with E-state index in [-0.39, 0.29) is 23.1 Å². The fourth-order valence-electron chi connectivity index (χ4n) is 0.575. The molecule has 0 atom stereocenters. The van der Waals surface area contributed by atoms with Crippen LogP contribution in [0.5, 0.6) is 0 Å². The molecule has 0 saturated carbocycles. The van der Waals surface area contributed by atoms with Crippen LogP contribution >= 0.6 is 15.9 Å². The Bertz CT molecular complexity index is 61.9. The molecule has 0 aromatic carbocycles. The fraction of sp³-hybridized carbons (Fsp3) is 0.714. The van der Waals surface area contributed by atoms with E-state index in [2.05, 4.69) is 28.9 Å². The maximum atomic E-state index is 3.22. The fourth-order valence-corrected chi connectivity index (χ4v) is 0.840. The molecule has 0 aliphatic rings. The molecule has 2 heteroatoms. The molecule has 0 N–H and O–H groups in total. The molecule has 0 amide bonds. The Morgan fingerprint density at radius 2 is 2.00 bits per heavy atom. The molecule has 0 bridgehead atoms. The van der Waals surface area contributed by atoms with Crippen molar-refractivity contribution in [3.8, 4) is 0 Å². The maximum absolute atomic E-state index is 3.22. The van der Waals surface area contributed by atoms with E-state index in [9.17, 15) is 0 Å². The molecule has 0 rings (SSSR count). The molecule has 0 spiro atoms. The normalized spacial score (nSPS) is 9.56. The quantitative estimate of drug-likeness (QED) is 0.484. The Hall–Kier alpha value is 0.986. The lowest BCUT2D eigenvalue weighted by Gasteiger charge is -1.88. The summed E-state index contributed by atoms with van der Waals surface area (Å²) in [5, 5.41) is 0. The van der Waals surface area contributed by atoms with Crippen molar-refractivity contribution in [2.75, 3.05) is 0 Å². The zero-order valence-corrected chi connectivity index (χ0v) is 9.07. The third-order valence-corrected chi connectivity index (χ3v) is 1.44. The van der Waals surface area contributed by atoms with Crippen LogP contribution in [0.4, 0.5) is 0 Å². The van der Waals surface area contributed by atoms with E-state index in [0.29, 0.717) is 0 Å². The highest BCUT2D eigenvalue weighted by molar-refractivity contribution is 9.11. The van der Waals surface area contributed by atoms with Crippen LogP contribution in [-0.2, 0) is 0 Å². The largest absolute Gasteiger partial charge is 0.0776 e. The number of hydrogen-bond donors (Lipinski definition) is 0. The molecule has 2 radical (unpaired) electrons. The number of rotatable bonds is 4. The number of hydrogen-bond acceptors (Lipinski definition) is 0. The van der Waals surface area contributed by atoms with Crippen molar-refractivity contribution < 1.29 is 0 Å². The van der Waals surface area contributed by atoms with E-state index in [1.807, 2.05) is 4.99 Å². The zero-order chi connectivity index (χ0) is 6.24. The molecule has 9 heavy (non-hydrogen) atoms. The van der Waals surface area contributed by atoms with Gasteiger partial charge in [0.05, 0.1) is 0 Å². The first-order valence-corrected chi connectivity index (χ1v) is 4.08. The van der Waals surface area contributed by atoms with Gasteiger partial charge < -0.3 is 0 Å². The Morgan fingerprint density at radius 1 is 1.33 bits per heavy atom. The summed E-state index contributed by atoms with van der Waals surface area (Å²) in [6, 6.07) is 0. The Balaban J connectivity index is 0. The monoisotopic (exact) mass is 200 g/mol. The van der Waals surface area contributed by atoms with Crippen LogP contribution in [0.1, 0.15) is 32.6 Å². The highest BCUT2D eigenvalue weighted by Gasteiger charge is 1.78. The molecule has 0 aliphatic heterocycles. The lowest BCUT2D eigenvalue weighted by atomic mass is 10.2. The van der Waals surface area contributed by atoms with Crippen LogP contribution in [0.3, 0.4) is 0 Å². The second-order valence-electron chi connectivity index (χ2n) is 1.86. The van der Waals surface area contributed by atoms with Gasteiger partial charge in [-0.1, -0.05) is 41.8 Å². The van der Waals surface area contributed by atoms with Crippen LogP contribution in [0.2, 0.25) is 0 Å². The summed E-state index contributed by atoms with van der Waals surface area (Å²) >= 11 is 3.22. The second kappa shape index (κ2) is 11.7. The lowest BCUT2D eigenvalue weighted by molar-refractivity contribution is 0.729. The predicted molar refractivity (Wildman–Crippen MR) is 48.0 cm³/mol. The summed E-state index contributed by atoms with van der Waals surface area (Å²) in [7, 11) is 0. The van der Waals surface area contributed by atoms with Gasteiger partial charge in [0.15, 0.2) is 0 Å². The van der Waals surface area contributed by atoms with Gasteiger partial charge in [-0.2, -0.15) is 0 Å². The average molecular weight is 201 g/mol. The van der Waals surface area contributed by atoms with Gasteiger partial charge >= 0.3 is 0 Å². The minimum Gasteiger partial charge on any atom is -0.0776 e. The van der Waals surface area contributed by atoms with Crippen LogP contribution in [0.15, 0.2) is 11.1 Å². The minimum atomic E-state index is 0. The molecule has 0 heterocycles. The summed E-state index contributed by atoms with van der Waals surface area (Å²) in [6.45, 7) is 2.22. The highest BCUT2D eigenvalue weighted by Crippen LogP contribution is 1.99. The van der Waals surface area contributed by atoms with Gasteiger partial charge in [0, 0.05) is 23.1 Å². The first kappa shape index (κ1) is 12.6. The van der Waals surface area contributed by atoms with Crippen molar-refractivity contribution >= 4 is 39.0 Å². The molecule has 50 valence electrons. The van der Waals surface area contributed by atoms with Gasteiger partial charge in [0.25, 0.3) is 0 Å². The average Bonchev–Trinajstić information content (AvgIpc) is 1.81. The smallest absolute Gasteiger partial charge is 0 e. The first-order valence-electron chi connectivity index (χ1n) is 3.17. The maximum Gasteiger partial charge on any atom is 0 e. The van der Waals surface area contributed by atoms with Crippen LogP contribution in [-0.4, -0.2) is 23.1 Å². The SMILES string of the molecule is CCCCCC=CBr.[Mg]. The van der Waals surface area contributed by atoms with Crippen molar-refractivity contribution in [2.45, 2.75) is 32.6 Å². The van der Waals surface area contributed by atoms with Crippen molar-refractivity contribution in [2.24, 2.45) is 0 Å². The highest BCUT2D eigenvalue weighted by atomic mass is 79.9. The van der Waals surface area contributed by atoms with Crippen LogP contribution in [0.25, 0.3) is 0 Å². The van der Waals surface area contributed by atoms with E-state index in [1.54, 1.807) is 0 Å². The van der Waals surface area contributed by atoms with Gasteiger partial charge in [0.2, 0.25) is 0 Å². The summed E-state index contributed by atoms with van der Waals surface area (Å²) < 4.78 is 0. The molecule has 0 aromatic heterocycles. The summed E-state index contributed by atoms with van der Waals surface area (Å²) in [5.41, 5.74) is 0. The number of allylic oxidation sites excluding steroid dienone is 1. The third-order valence-electron chi connectivity index (χ3n) is 1.06. The van der Waals surface area contributed by atoms with E-state index >= 15 is 0 Å². The summed E-state index contributed by atoms with van der Waals surface area (Å²) in [6.07, 6.45) is 7.38. The summed E-state index contributed by atoms with van der Waals surface area (Å²) in [5.74, 6) is 0. The van der Waals surface area contributed by atoms with Gasteiger partial charge in [-0.3, -0.25) is 0 Å². The van der Waals surface area contributed by atoms with Gasteiger partial charge in [0.1, 0.15) is 0 Å². The Morgan fingerprint density at radius 3 is 2.44 bits per heavy atom. The molecule has 0 nitrogen and oxygen atoms in total.